The van der Waals surface area contributed by atoms with Gasteiger partial charge in [-0.05, 0) is 34.3 Å². The van der Waals surface area contributed by atoms with Crippen LogP contribution in [0.1, 0.15) is 0 Å². The standard InChI is InChI=1S/C12H18N8/c1-18(2)12(19(3)4)20(10-14-6-5-7-15-10)11-16-8-13-9-17-11/h5-9,12H,1-4H3. The number of anilines is 2. The van der Waals surface area contributed by atoms with Crippen molar-refractivity contribution in [1.82, 2.24) is 34.7 Å². The molecule has 0 radical (unpaired) electrons. The molecule has 0 spiro atoms. The van der Waals surface area contributed by atoms with E-state index < -0.39 is 0 Å². The molecule has 0 N–H and O–H groups in total. The summed E-state index contributed by atoms with van der Waals surface area (Å²) < 4.78 is 0. The van der Waals surface area contributed by atoms with Crippen LogP contribution >= 0.6 is 0 Å². The maximum atomic E-state index is 4.30. The lowest BCUT2D eigenvalue weighted by molar-refractivity contribution is 0.132. The monoisotopic (exact) mass is 274 g/mol. The predicted octanol–water partition coefficient (Wildman–Crippen LogP) is 0.206. The molecule has 0 atom stereocenters. The van der Waals surface area contributed by atoms with Gasteiger partial charge in [0.1, 0.15) is 18.9 Å². The Morgan fingerprint density at radius 1 is 0.800 bits per heavy atom. The maximum Gasteiger partial charge on any atom is 0.237 e. The zero-order valence-electron chi connectivity index (χ0n) is 12.0. The van der Waals surface area contributed by atoms with Crippen LogP contribution in [0.5, 0.6) is 0 Å². The summed E-state index contributed by atoms with van der Waals surface area (Å²) in [6.45, 7) is 0. The van der Waals surface area contributed by atoms with Gasteiger partial charge in [-0.25, -0.2) is 29.8 Å². The maximum absolute atomic E-state index is 4.30. The van der Waals surface area contributed by atoms with E-state index in [1.807, 2.05) is 42.9 Å². The smallest absolute Gasteiger partial charge is 0.237 e. The molecule has 0 saturated carbocycles. The third kappa shape index (κ3) is 3.03. The normalized spacial score (nSPS) is 11.3. The van der Waals surface area contributed by atoms with E-state index in [4.69, 9.17) is 0 Å². The van der Waals surface area contributed by atoms with Gasteiger partial charge in [-0.1, -0.05) is 0 Å². The van der Waals surface area contributed by atoms with E-state index in [9.17, 15) is 0 Å². The van der Waals surface area contributed by atoms with E-state index in [2.05, 4.69) is 24.9 Å². The first-order valence-corrected chi connectivity index (χ1v) is 6.12. The van der Waals surface area contributed by atoms with Gasteiger partial charge < -0.3 is 0 Å². The minimum Gasteiger partial charge on any atom is -0.277 e. The first-order valence-electron chi connectivity index (χ1n) is 6.12. The lowest BCUT2D eigenvalue weighted by atomic mass is 10.5. The number of nitrogens with zero attached hydrogens (tertiary/aromatic N) is 8. The topological polar surface area (TPSA) is 74.2 Å². The summed E-state index contributed by atoms with van der Waals surface area (Å²) in [5, 5.41) is 0. The van der Waals surface area contributed by atoms with Gasteiger partial charge in [0.2, 0.25) is 11.9 Å². The number of rotatable bonds is 5. The lowest BCUT2D eigenvalue weighted by Gasteiger charge is -2.38. The number of hydrogen-bond donors (Lipinski definition) is 0. The number of aromatic nitrogens is 5. The molecule has 0 unspecified atom stereocenters. The first-order chi connectivity index (χ1) is 9.61. The predicted molar refractivity (Wildman–Crippen MR) is 75.2 cm³/mol. The van der Waals surface area contributed by atoms with Gasteiger partial charge >= 0.3 is 0 Å². The number of hydrogen-bond acceptors (Lipinski definition) is 8. The third-order valence-corrected chi connectivity index (χ3v) is 2.62. The van der Waals surface area contributed by atoms with Crippen molar-refractivity contribution in [1.29, 1.82) is 0 Å². The molecule has 2 aromatic heterocycles. The van der Waals surface area contributed by atoms with Crippen LogP contribution in [0.4, 0.5) is 11.9 Å². The molecule has 0 saturated heterocycles. The van der Waals surface area contributed by atoms with Crippen LogP contribution in [0.2, 0.25) is 0 Å². The van der Waals surface area contributed by atoms with Crippen molar-refractivity contribution in [3.8, 4) is 0 Å². The average Bonchev–Trinajstić information content (AvgIpc) is 2.45. The highest BCUT2D eigenvalue weighted by atomic mass is 15.5. The fraction of sp³-hybridized carbons (Fsp3) is 0.417. The van der Waals surface area contributed by atoms with Crippen molar-refractivity contribution in [2.75, 3.05) is 33.1 Å². The van der Waals surface area contributed by atoms with Gasteiger partial charge in [-0.15, -0.1) is 0 Å². The van der Waals surface area contributed by atoms with Crippen molar-refractivity contribution in [2.24, 2.45) is 0 Å². The van der Waals surface area contributed by atoms with E-state index in [1.165, 1.54) is 12.7 Å². The zero-order chi connectivity index (χ0) is 14.5. The van der Waals surface area contributed by atoms with Crippen LogP contribution in [0.3, 0.4) is 0 Å². The summed E-state index contributed by atoms with van der Waals surface area (Å²) in [4.78, 5) is 26.8. The SMILES string of the molecule is CN(C)C(N(C)C)N(c1ncccn1)c1ncncn1. The summed E-state index contributed by atoms with van der Waals surface area (Å²) in [6.07, 6.45) is 6.18. The Balaban J connectivity index is 2.49. The van der Waals surface area contributed by atoms with Crippen molar-refractivity contribution < 1.29 is 0 Å². The third-order valence-electron chi connectivity index (χ3n) is 2.62. The quantitative estimate of drug-likeness (QED) is 0.716. The van der Waals surface area contributed by atoms with Crippen LogP contribution in [-0.4, -0.2) is 69.2 Å². The van der Waals surface area contributed by atoms with Gasteiger partial charge in [-0.3, -0.25) is 9.80 Å². The Morgan fingerprint density at radius 3 is 1.80 bits per heavy atom. The summed E-state index contributed by atoms with van der Waals surface area (Å²) in [5.41, 5.74) is 0. The molecule has 2 aromatic rings. The molecule has 2 rings (SSSR count). The summed E-state index contributed by atoms with van der Waals surface area (Å²) in [7, 11) is 7.90. The fourth-order valence-electron chi connectivity index (χ4n) is 1.99. The minimum atomic E-state index is -0.125. The highest BCUT2D eigenvalue weighted by Gasteiger charge is 2.28. The first kappa shape index (κ1) is 14.2. The molecular formula is C12H18N8. The Kier molecular flexibility index (Phi) is 4.49. The van der Waals surface area contributed by atoms with Crippen molar-refractivity contribution in [2.45, 2.75) is 6.29 Å². The van der Waals surface area contributed by atoms with E-state index in [-0.39, 0.29) is 6.29 Å². The van der Waals surface area contributed by atoms with Gasteiger partial charge in [0.05, 0.1) is 0 Å². The van der Waals surface area contributed by atoms with Crippen LogP contribution in [0.25, 0.3) is 0 Å². The molecule has 0 aliphatic carbocycles. The molecule has 2 heterocycles. The van der Waals surface area contributed by atoms with Crippen LogP contribution < -0.4 is 4.90 Å². The molecule has 0 aromatic carbocycles. The Morgan fingerprint density at radius 2 is 1.30 bits per heavy atom. The molecule has 0 fully saturated rings. The average molecular weight is 274 g/mol. The largest absolute Gasteiger partial charge is 0.277 e. The second-order valence-electron chi connectivity index (χ2n) is 4.63. The highest BCUT2D eigenvalue weighted by Crippen LogP contribution is 2.21. The molecule has 0 aliphatic heterocycles. The van der Waals surface area contributed by atoms with Crippen LogP contribution in [-0.2, 0) is 0 Å². The van der Waals surface area contributed by atoms with Crippen molar-refractivity contribution in [3.63, 3.8) is 0 Å². The Bertz CT molecular complexity index is 468. The molecule has 0 amide bonds. The van der Waals surface area contributed by atoms with E-state index >= 15 is 0 Å². The summed E-state index contributed by atoms with van der Waals surface area (Å²) in [6, 6.07) is 1.77. The van der Waals surface area contributed by atoms with E-state index in [0.29, 0.717) is 11.9 Å². The molecule has 8 nitrogen and oxygen atoms in total. The molecule has 0 bridgehead atoms. The van der Waals surface area contributed by atoms with E-state index in [1.54, 1.807) is 18.5 Å². The van der Waals surface area contributed by atoms with Crippen molar-refractivity contribution in [3.05, 3.63) is 31.1 Å². The second kappa shape index (κ2) is 6.31. The second-order valence-corrected chi connectivity index (χ2v) is 4.63. The fourth-order valence-corrected chi connectivity index (χ4v) is 1.99. The Labute approximate surface area is 118 Å². The van der Waals surface area contributed by atoms with Crippen LogP contribution in [0, 0.1) is 0 Å². The minimum absolute atomic E-state index is 0.125. The zero-order valence-corrected chi connectivity index (χ0v) is 12.0. The molecule has 106 valence electrons. The van der Waals surface area contributed by atoms with Crippen molar-refractivity contribution >= 4 is 11.9 Å². The summed E-state index contributed by atoms with van der Waals surface area (Å²) >= 11 is 0. The molecule has 0 aliphatic rings. The van der Waals surface area contributed by atoms with Crippen LogP contribution in [0.15, 0.2) is 31.1 Å². The highest BCUT2D eigenvalue weighted by molar-refractivity contribution is 5.47. The van der Waals surface area contributed by atoms with E-state index in [0.717, 1.165) is 0 Å². The molecular weight excluding hydrogens is 256 g/mol. The Hall–Kier alpha value is -2.19. The van der Waals surface area contributed by atoms with Gasteiger partial charge in [-0.2, -0.15) is 0 Å². The van der Waals surface area contributed by atoms with Gasteiger partial charge in [0.15, 0.2) is 0 Å². The molecule has 8 heteroatoms. The summed E-state index contributed by atoms with van der Waals surface area (Å²) in [5.74, 6) is 1.03. The van der Waals surface area contributed by atoms with Gasteiger partial charge in [0.25, 0.3) is 0 Å². The molecule has 20 heavy (non-hydrogen) atoms. The van der Waals surface area contributed by atoms with Gasteiger partial charge in [0, 0.05) is 12.4 Å². The lowest BCUT2D eigenvalue weighted by Crippen LogP contribution is -2.52.